The fourth-order valence-corrected chi connectivity index (χ4v) is 7.31. The van der Waals surface area contributed by atoms with Crippen molar-refractivity contribution in [3.05, 3.63) is 48.6 Å². The molecule has 6 heteroatoms. The van der Waals surface area contributed by atoms with Crippen molar-refractivity contribution < 1.29 is 28.6 Å². The van der Waals surface area contributed by atoms with E-state index in [2.05, 4.69) is 69.4 Å². The maximum Gasteiger partial charge on any atom is 0.306 e. The highest BCUT2D eigenvalue weighted by atomic mass is 16.6. The number of ether oxygens (including phenoxy) is 3. The fourth-order valence-electron chi connectivity index (χ4n) is 7.31. The van der Waals surface area contributed by atoms with Crippen molar-refractivity contribution in [2.45, 2.75) is 271 Å². The summed E-state index contributed by atoms with van der Waals surface area (Å²) >= 11 is 0. The summed E-state index contributed by atoms with van der Waals surface area (Å²) in [5, 5.41) is 0. The molecule has 0 aromatic rings. The Morgan fingerprint density at radius 1 is 0.328 bits per heavy atom. The van der Waals surface area contributed by atoms with Gasteiger partial charge in [0.2, 0.25) is 0 Å². The predicted octanol–water partition coefficient (Wildman–Crippen LogP) is 17.1. The molecule has 0 rings (SSSR count). The molecule has 0 unspecified atom stereocenters. The van der Waals surface area contributed by atoms with E-state index in [1.165, 1.54) is 141 Å². The van der Waals surface area contributed by atoms with Gasteiger partial charge in [-0.15, -0.1) is 0 Å². The maximum absolute atomic E-state index is 12.8. The number of unbranched alkanes of at least 4 members (excludes halogenated alkanes) is 28. The van der Waals surface area contributed by atoms with E-state index in [1.807, 2.05) is 0 Å². The van der Waals surface area contributed by atoms with Crippen molar-refractivity contribution in [3.8, 4) is 0 Å². The molecule has 0 aliphatic heterocycles. The summed E-state index contributed by atoms with van der Waals surface area (Å²) in [6.45, 7) is 6.57. The van der Waals surface area contributed by atoms with Gasteiger partial charge in [-0.25, -0.2) is 0 Å². The van der Waals surface area contributed by atoms with Crippen molar-refractivity contribution >= 4 is 17.9 Å². The number of carbonyl (C=O) groups excluding carboxylic acids is 3. The van der Waals surface area contributed by atoms with Crippen LogP contribution < -0.4 is 0 Å². The molecule has 0 saturated heterocycles. The van der Waals surface area contributed by atoms with Crippen LogP contribution in [0.5, 0.6) is 0 Å². The Morgan fingerprint density at radius 3 is 1.02 bits per heavy atom. The van der Waals surface area contributed by atoms with E-state index >= 15 is 0 Å². The molecular weight excluding hydrogens is 757 g/mol. The zero-order chi connectivity index (χ0) is 44.4. The van der Waals surface area contributed by atoms with E-state index in [4.69, 9.17) is 14.2 Å². The molecular formula is C55H98O6. The number of rotatable bonds is 47. The minimum atomic E-state index is -0.778. The van der Waals surface area contributed by atoms with E-state index in [-0.39, 0.29) is 31.1 Å². The zero-order valence-corrected chi connectivity index (χ0v) is 40.4. The third-order valence-corrected chi connectivity index (χ3v) is 11.3. The van der Waals surface area contributed by atoms with Gasteiger partial charge in [-0.1, -0.05) is 217 Å². The molecule has 1 atom stereocenters. The maximum atomic E-state index is 12.8. The van der Waals surface area contributed by atoms with E-state index in [0.717, 1.165) is 83.5 Å². The second-order valence-corrected chi connectivity index (χ2v) is 17.4. The Bertz CT molecular complexity index is 1070. The Hall–Kier alpha value is -2.63. The number of esters is 3. The minimum Gasteiger partial charge on any atom is -0.462 e. The van der Waals surface area contributed by atoms with Gasteiger partial charge in [-0.05, 0) is 77.0 Å². The molecule has 0 radical (unpaired) electrons. The molecule has 0 N–H and O–H groups in total. The Balaban J connectivity index is 4.35. The zero-order valence-electron chi connectivity index (χ0n) is 40.4. The monoisotopic (exact) mass is 855 g/mol. The highest BCUT2D eigenvalue weighted by molar-refractivity contribution is 5.71. The van der Waals surface area contributed by atoms with E-state index < -0.39 is 6.10 Å². The number of allylic oxidation sites excluding steroid dienone is 8. The lowest BCUT2D eigenvalue weighted by molar-refractivity contribution is -0.167. The van der Waals surface area contributed by atoms with Gasteiger partial charge >= 0.3 is 17.9 Å². The van der Waals surface area contributed by atoms with Crippen molar-refractivity contribution in [2.75, 3.05) is 13.2 Å². The van der Waals surface area contributed by atoms with E-state index in [1.54, 1.807) is 0 Å². The largest absolute Gasteiger partial charge is 0.462 e. The summed E-state index contributed by atoms with van der Waals surface area (Å²) in [7, 11) is 0. The summed E-state index contributed by atoms with van der Waals surface area (Å²) < 4.78 is 16.8. The summed E-state index contributed by atoms with van der Waals surface area (Å²) in [4.78, 5) is 37.9. The van der Waals surface area contributed by atoms with Crippen LogP contribution in [0.3, 0.4) is 0 Å². The highest BCUT2D eigenvalue weighted by Crippen LogP contribution is 2.15. The summed E-state index contributed by atoms with van der Waals surface area (Å²) in [5.74, 6) is -0.894. The molecule has 0 saturated carbocycles. The Kier molecular flexibility index (Phi) is 47.9. The van der Waals surface area contributed by atoms with Gasteiger partial charge in [0.25, 0.3) is 0 Å². The quantitative estimate of drug-likeness (QED) is 0.0263. The minimum absolute atomic E-state index is 0.0798. The first-order chi connectivity index (χ1) is 30.0. The average molecular weight is 855 g/mol. The van der Waals surface area contributed by atoms with Crippen molar-refractivity contribution in [1.29, 1.82) is 0 Å². The van der Waals surface area contributed by atoms with Gasteiger partial charge in [-0.3, -0.25) is 14.4 Å². The van der Waals surface area contributed by atoms with Crippen LogP contribution in [0.15, 0.2) is 48.6 Å². The first-order valence-electron chi connectivity index (χ1n) is 26.1. The van der Waals surface area contributed by atoms with Gasteiger partial charge < -0.3 is 14.2 Å². The third-order valence-electron chi connectivity index (χ3n) is 11.3. The van der Waals surface area contributed by atoms with Gasteiger partial charge in [-0.2, -0.15) is 0 Å². The molecule has 354 valence electrons. The van der Waals surface area contributed by atoms with Gasteiger partial charge in [0, 0.05) is 19.3 Å². The molecule has 0 heterocycles. The van der Waals surface area contributed by atoms with Crippen LogP contribution in [0, 0.1) is 0 Å². The van der Waals surface area contributed by atoms with Crippen LogP contribution in [-0.2, 0) is 28.6 Å². The predicted molar refractivity (Wildman–Crippen MR) is 261 cm³/mol. The molecule has 0 aliphatic rings. The van der Waals surface area contributed by atoms with Crippen LogP contribution in [0.25, 0.3) is 0 Å². The standard InChI is InChI=1S/C55H98O6/c1-4-7-10-13-16-19-22-24-25-26-27-28-29-31-33-36-39-42-45-48-54(57)60-51-52(50-59-53(56)47-44-41-38-35-32-21-18-15-12-9-6-3)61-55(58)49-46-43-40-37-34-30-23-20-17-14-11-8-5-2/h15-16,18-19,24-25,27-28,52H,4-14,17,20-23,26,29-51H2,1-3H3/b18-15-,19-16-,25-24-,28-27-/t52-/m1/s1. The molecule has 0 aromatic heterocycles. The topological polar surface area (TPSA) is 78.9 Å². The van der Waals surface area contributed by atoms with Crippen LogP contribution in [0.4, 0.5) is 0 Å². The number of hydrogen-bond donors (Lipinski definition) is 0. The molecule has 0 fully saturated rings. The Labute approximate surface area is 378 Å². The second-order valence-electron chi connectivity index (χ2n) is 17.4. The first kappa shape index (κ1) is 58.4. The SMILES string of the molecule is CCCC/C=C\CCCCCCCC(=O)OC[C@H](COC(=O)CCCCCCCC/C=C\C/C=C\C/C=C\CCCCC)OC(=O)CCCCCCCCCCCCCCC. The normalized spacial score (nSPS) is 12.4. The number of hydrogen-bond acceptors (Lipinski definition) is 6. The average Bonchev–Trinajstić information content (AvgIpc) is 3.26. The molecule has 0 spiro atoms. The van der Waals surface area contributed by atoms with Gasteiger partial charge in [0.15, 0.2) is 6.10 Å². The molecule has 0 bridgehead atoms. The van der Waals surface area contributed by atoms with Crippen LogP contribution >= 0.6 is 0 Å². The van der Waals surface area contributed by atoms with Crippen LogP contribution in [0.1, 0.15) is 265 Å². The first-order valence-corrected chi connectivity index (χ1v) is 26.1. The molecule has 61 heavy (non-hydrogen) atoms. The lowest BCUT2D eigenvalue weighted by atomic mass is 10.0. The molecule has 0 amide bonds. The smallest absolute Gasteiger partial charge is 0.306 e. The summed E-state index contributed by atoms with van der Waals surface area (Å²) in [6, 6.07) is 0. The van der Waals surface area contributed by atoms with Gasteiger partial charge in [0.05, 0.1) is 0 Å². The summed E-state index contributed by atoms with van der Waals surface area (Å²) in [5.41, 5.74) is 0. The van der Waals surface area contributed by atoms with Crippen molar-refractivity contribution in [3.63, 3.8) is 0 Å². The van der Waals surface area contributed by atoms with Crippen LogP contribution in [0.2, 0.25) is 0 Å². The molecule has 0 aromatic carbocycles. The Morgan fingerprint density at radius 2 is 0.607 bits per heavy atom. The third kappa shape index (κ3) is 48.3. The van der Waals surface area contributed by atoms with Gasteiger partial charge in [0.1, 0.15) is 13.2 Å². The number of carbonyl (C=O) groups is 3. The van der Waals surface area contributed by atoms with Crippen LogP contribution in [-0.4, -0.2) is 37.2 Å². The summed E-state index contributed by atoms with van der Waals surface area (Å²) in [6.07, 6.45) is 59.5. The van der Waals surface area contributed by atoms with Crippen molar-refractivity contribution in [1.82, 2.24) is 0 Å². The lowest BCUT2D eigenvalue weighted by Gasteiger charge is -2.18. The van der Waals surface area contributed by atoms with Crippen molar-refractivity contribution in [2.24, 2.45) is 0 Å². The molecule has 0 aliphatic carbocycles. The fraction of sp³-hybridized carbons (Fsp3) is 0.800. The van der Waals surface area contributed by atoms with E-state index in [9.17, 15) is 14.4 Å². The molecule has 6 nitrogen and oxygen atoms in total. The second kappa shape index (κ2) is 50.0. The van der Waals surface area contributed by atoms with E-state index in [0.29, 0.717) is 19.3 Å². The lowest BCUT2D eigenvalue weighted by Crippen LogP contribution is -2.30. The highest BCUT2D eigenvalue weighted by Gasteiger charge is 2.19.